The van der Waals surface area contributed by atoms with Gasteiger partial charge in [0.05, 0.1) is 0 Å². The molecular weight excluding hydrogens is 652 g/mol. The molecule has 0 spiro atoms. The molecule has 0 aliphatic carbocycles. The van der Waals surface area contributed by atoms with Gasteiger partial charge in [-0.2, -0.15) is 10.5 Å². The average molecular weight is 709 g/mol. The Morgan fingerprint density at radius 2 is 1.24 bits per heavy atom. The minimum Gasteiger partial charge on any atom is -0.458 e. The van der Waals surface area contributed by atoms with Crippen molar-refractivity contribution in [3.63, 3.8) is 0 Å². The molecule has 0 rings (SSSR count). The third kappa shape index (κ3) is 26.6. The van der Waals surface area contributed by atoms with Crippen LogP contribution in [0.1, 0.15) is 90.9 Å². The second-order valence-corrected chi connectivity index (χ2v) is 11.5. The Bertz CT molecular complexity index is 1050. The molecule has 0 atom stereocenters. The van der Waals surface area contributed by atoms with Crippen LogP contribution in [0.2, 0.25) is 0 Å². The van der Waals surface area contributed by atoms with Crippen LogP contribution in [0.5, 0.6) is 0 Å². The fourth-order valence-corrected chi connectivity index (χ4v) is 4.16. The van der Waals surface area contributed by atoms with Crippen LogP contribution in [0.3, 0.4) is 0 Å². The van der Waals surface area contributed by atoms with E-state index in [1.54, 1.807) is 17.7 Å². The smallest absolute Gasteiger partial charge is 0.407 e. The van der Waals surface area contributed by atoms with Gasteiger partial charge >= 0.3 is 18.0 Å². The second kappa shape index (κ2) is 31.9. The summed E-state index contributed by atoms with van der Waals surface area (Å²) in [6.45, 7) is 12.4. The molecule has 0 aliphatic heterocycles. The van der Waals surface area contributed by atoms with Crippen LogP contribution in [0, 0.1) is 23.0 Å². The molecular formula is C34H56N6O10. The molecule has 282 valence electrons. The largest absolute Gasteiger partial charge is 0.458 e. The lowest BCUT2D eigenvalue weighted by atomic mass is 10.2. The Balaban J connectivity index is 4.66. The summed E-state index contributed by atoms with van der Waals surface area (Å²) < 4.78 is 24.8. The molecule has 0 saturated heterocycles. The molecule has 0 aromatic rings. The molecule has 50 heavy (non-hydrogen) atoms. The Kier molecular flexibility index (Phi) is 29.1. The van der Waals surface area contributed by atoms with Crippen molar-refractivity contribution >= 4 is 24.4 Å². The van der Waals surface area contributed by atoms with Crippen LogP contribution in [0.15, 0.2) is 24.3 Å². The number of carbonyl (C=O) groups is 4. The van der Waals surface area contributed by atoms with Crippen molar-refractivity contribution in [1.29, 1.82) is 10.5 Å². The minimum absolute atomic E-state index is 0.176. The Labute approximate surface area is 296 Å². The van der Waals surface area contributed by atoms with E-state index in [4.69, 9.17) is 34.3 Å². The topological polar surface area (TPSA) is 202 Å². The number of esters is 2. The molecule has 0 radical (unpaired) electrons. The summed E-state index contributed by atoms with van der Waals surface area (Å²) in [5.41, 5.74) is 0.353. The third-order valence-corrected chi connectivity index (χ3v) is 6.90. The van der Waals surface area contributed by atoms with Gasteiger partial charge in [0.1, 0.15) is 33.2 Å². The van der Waals surface area contributed by atoms with Gasteiger partial charge in [0.2, 0.25) is 6.41 Å². The zero-order valence-electron chi connectivity index (χ0n) is 29.8. The number of alkyl carbamates (subject to hydrolysis) is 1. The summed E-state index contributed by atoms with van der Waals surface area (Å²) in [5, 5.41) is 25.9. The summed E-state index contributed by atoms with van der Waals surface area (Å²) in [7, 11) is 0. The molecule has 0 aliphatic rings. The summed E-state index contributed by atoms with van der Waals surface area (Å²) in [6.07, 6.45) is 12.3. The number of carbonyl (C=O) groups excluding carboxylic acids is 4. The molecule has 0 aromatic heterocycles. The number of nitrogens with zero attached hydrogens (tertiary/aromatic N) is 4. The second-order valence-electron chi connectivity index (χ2n) is 11.5. The van der Waals surface area contributed by atoms with Gasteiger partial charge in [0, 0.05) is 30.8 Å². The predicted octanol–water partition coefficient (Wildman–Crippen LogP) is 4.15. The number of hydrogen-bond acceptors (Lipinski definition) is 14. The number of unbranched alkanes of at least 4 members (excludes halogenated alkanes) is 9. The molecule has 0 bridgehead atoms. The van der Waals surface area contributed by atoms with E-state index in [2.05, 4.69) is 28.5 Å². The summed E-state index contributed by atoms with van der Waals surface area (Å²) in [4.78, 5) is 53.7. The van der Waals surface area contributed by atoms with Gasteiger partial charge in [-0.3, -0.25) is 20.0 Å². The minimum atomic E-state index is -1.02. The lowest BCUT2D eigenvalue weighted by Crippen LogP contribution is -2.44. The van der Waals surface area contributed by atoms with Gasteiger partial charge in [0.25, 0.3) is 12.5 Å². The van der Waals surface area contributed by atoms with E-state index in [-0.39, 0.29) is 31.1 Å². The molecule has 2 N–H and O–H groups in total. The molecule has 0 fully saturated rings. The van der Waals surface area contributed by atoms with E-state index < -0.39 is 24.1 Å². The molecule has 0 unspecified atom stereocenters. The maximum atomic E-state index is 12.4. The van der Waals surface area contributed by atoms with E-state index in [1.165, 1.54) is 18.9 Å². The van der Waals surface area contributed by atoms with Crippen molar-refractivity contribution in [2.75, 3.05) is 59.3 Å². The Morgan fingerprint density at radius 3 is 1.76 bits per heavy atom. The van der Waals surface area contributed by atoms with E-state index in [9.17, 15) is 19.2 Å². The summed E-state index contributed by atoms with van der Waals surface area (Å²) in [6, 6.07) is 0. The van der Waals surface area contributed by atoms with Crippen molar-refractivity contribution < 1.29 is 47.7 Å². The first-order valence-electron chi connectivity index (χ1n) is 17.1. The maximum absolute atomic E-state index is 12.4. The highest BCUT2D eigenvalue weighted by Gasteiger charge is 2.20. The van der Waals surface area contributed by atoms with Crippen LogP contribution < -0.4 is 10.6 Å². The average Bonchev–Trinajstić information content (AvgIpc) is 3.09. The normalized spacial score (nSPS) is 10.4. The number of amides is 2. The molecule has 16 nitrogen and oxygen atoms in total. The number of nitriles is 2. The van der Waals surface area contributed by atoms with Crippen LogP contribution in [0.25, 0.3) is 0 Å². The van der Waals surface area contributed by atoms with Crippen molar-refractivity contribution in [3.05, 3.63) is 24.3 Å². The third-order valence-electron chi connectivity index (χ3n) is 6.90. The summed E-state index contributed by atoms with van der Waals surface area (Å²) >= 11 is 0. The van der Waals surface area contributed by atoms with Crippen molar-refractivity contribution in [1.82, 2.24) is 20.8 Å². The van der Waals surface area contributed by atoms with Crippen LogP contribution >= 0.6 is 0 Å². The van der Waals surface area contributed by atoms with E-state index in [0.717, 1.165) is 83.6 Å². The van der Waals surface area contributed by atoms with Crippen LogP contribution in [-0.2, 0) is 42.9 Å². The van der Waals surface area contributed by atoms with Crippen LogP contribution in [-0.4, -0.2) is 100 Å². The first-order chi connectivity index (χ1) is 24.2. The number of nitrogens with one attached hydrogen (secondary N) is 2. The highest BCUT2D eigenvalue weighted by Crippen LogP contribution is 2.09. The maximum Gasteiger partial charge on any atom is 0.407 e. The SMILES string of the molecule is C=C(C)C(=O)OCC(COC(=O)C(=C)C)OC(=O)NCCCCCCN(OCNCCCCCCOC#N)N(C=O)CCCCCCOC#N. The number of hydrogen-bond donors (Lipinski definition) is 2. The van der Waals surface area contributed by atoms with Crippen molar-refractivity contribution in [3.8, 4) is 12.5 Å². The summed E-state index contributed by atoms with van der Waals surface area (Å²) in [5.74, 6) is -1.32. The number of hydrazine groups is 1. The van der Waals surface area contributed by atoms with E-state index in [1.807, 2.05) is 0 Å². The van der Waals surface area contributed by atoms with Crippen LogP contribution in [0.4, 0.5) is 4.79 Å². The number of ether oxygens (including phenoxy) is 5. The predicted molar refractivity (Wildman–Crippen MR) is 182 cm³/mol. The number of hydroxylamine groups is 1. The molecule has 16 heteroatoms. The van der Waals surface area contributed by atoms with E-state index >= 15 is 0 Å². The first kappa shape index (κ1) is 45.6. The lowest BCUT2D eigenvalue weighted by Gasteiger charge is -2.31. The Morgan fingerprint density at radius 1 is 0.740 bits per heavy atom. The van der Waals surface area contributed by atoms with Gasteiger partial charge < -0.3 is 29.0 Å². The molecule has 0 aromatic carbocycles. The molecule has 0 heterocycles. The monoisotopic (exact) mass is 708 g/mol. The molecule has 0 saturated carbocycles. The first-order valence-corrected chi connectivity index (χ1v) is 17.1. The fraction of sp³-hybridized carbons (Fsp3) is 0.706. The standard InChI is InChI=1S/C34H56N6O10/c1-29(2)32(42)47-23-31(24-48-33(43)30(3)4)50-34(44)38-18-12-5-7-14-20-40(39(28-41)19-13-8-10-16-22-46-26-36)49-27-37-17-11-6-9-15-21-45-25-35/h28,31,37H,1,3,5-24,27H2,2,4H3,(H,38,44). The molecule has 2 amide bonds. The lowest BCUT2D eigenvalue weighted by molar-refractivity contribution is -0.273. The number of rotatable bonds is 33. The van der Waals surface area contributed by atoms with Gasteiger partial charge in [-0.05, 0) is 71.8 Å². The Hall–Kier alpha value is -4.38. The van der Waals surface area contributed by atoms with Crippen molar-refractivity contribution in [2.45, 2.75) is 97.0 Å². The van der Waals surface area contributed by atoms with Gasteiger partial charge in [0.15, 0.2) is 6.10 Å². The van der Waals surface area contributed by atoms with Gasteiger partial charge in [-0.15, -0.1) is 0 Å². The van der Waals surface area contributed by atoms with Gasteiger partial charge in [-0.25, -0.2) is 14.4 Å². The zero-order chi connectivity index (χ0) is 37.2. The highest BCUT2D eigenvalue weighted by molar-refractivity contribution is 5.87. The zero-order valence-corrected chi connectivity index (χ0v) is 29.8. The highest BCUT2D eigenvalue weighted by atomic mass is 16.7. The van der Waals surface area contributed by atoms with Crippen molar-refractivity contribution in [2.24, 2.45) is 0 Å². The fourth-order valence-electron chi connectivity index (χ4n) is 4.16. The van der Waals surface area contributed by atoms with Gasteiger partial charge in [-0.1, -0.05) is 44.0 Å². The quantitative estimate of drug-likeness (QED) is 0.0144. The van der Waals surface area contributed by atoms with E-state index in [0.29, 0.717) is 39.3 Å².